The molecule has 0 radical (unpaired) electrons. The smallest absolute Gasteiger partial charge is 0.0485 e. The quantitative estimate of drug-likeness (QED) is 0.745. The zero-order valence-corrected chi connectivity index (χ0v) is 9.52. The number of rotatable bonds is 3. The molecule has 0 aromatic heterocycles. The summed E-state index contributed by atoms with van der Waals surface area (Å²) < 4.78 is 0. The van der Waals surface area contributed by atoms with Crippen LogP contribution in [0.4, 0.5) is 0 Å². The molecule has 2 aliphatic rings. The maximum Gasteiger partial charge on any atom is 0.0485 e. The highest BCUT2D eigenvalue weighted by Crippen LogP contribution is 2.31. The van der Waals surface area contributed by atoms with Crippen LogP contribution in [0.1, 0.15) is 51.9 Å². The van der Waals surface area contributed by atoms with E-state index in [0.717, 1.165) is 6.67 Å². The van der Waals surface area contributed by atoms with Crippen molar-refractivity contribution in [2.75, 3.05) is 19.8 Å². The molecule has 2 rings (SSSR count). The summed E-state index contributed by atoms with van der Waals surface area (Å²) in [6.45, 7) is 6.03. The molecule has 0 amide bonds. The second-order valence-corrected chi connectivity index (χ2v) is 5.08. The Kier molecular flexibility index (Phi) is 3.45. The van der Waals surface area contributed by atoms with Crippen molar-refractivity contribution < 1.29 is 0 Å². The summed E-state index contributed by atoms with van der Waals surface area (Å²) in [5, 5.41) is 3.76. The van der Waals surface area contributed by atoms with Crippen LogP contribution in [0.2, 0.25) is 0 Å². The lowest BCUT2D eigenvalue weighted by Gasteiger charge is -2.33. The van der Waals surface area contributed by atoms with Crippen molar-refractivity contribution in [3.8, 4) is 0 Å². The van der Waals surface area contributed by atoms with Gasteiger partial charge in [0.25, 0.3) is 0 Å². The third-order valence-electron chi connectivity index (χ3n) is 3.84. The van der Waals surface area contributed by atoms with E-state index in [1.54, 1.807) is 0 Å². The van der Waals surface area contributed by atoms with E-state index in [9.17, 15) is 0 Å². The van der Waals surface area contributed by atoms with E-state index in [1.165, 1.54) is 58.0 Å². The number of hydrogen-bond donors (Lipinski definition) is 1. The Balaban J connectivity index is 1.80. The highest BCUT2D eigenvalue weighted by Gasteiger charge is 2.37. The Hall–Kier alpha value is -0.0800. The lowest BCUT2D eigenvalue weighted by atomic mass is 9.82. The molecule has 2 heteroatoms. The molecule has 0 atom stereocenters. The fraction of sp³-hybridized carbons (Fsp3) is 1.00. The molecule has 1 aliphatic carbocycles. The zero-order chi connectivity index (χ0) is 9.86. The minimum absolute atomic E-state index is 0.520. The SMILES string of the molecule is CCCCN1CNC2(CCCCC2)C1. The van der Waals surface area contributed by atoms with Crippen LogP contribution >= 0.6 is 0 Å². The summed E-state index contributed by atoms with van der Waals surface area (Å²) in [6.07, 6.45) is 9.84. The lowest BCUT2D eigenvalue weighted by Crippen LogP contribution is -2.44. The fourth-order valence-electron chi connectivity index (χ4n) is 2.92. The first-order chi connectivity index (χ1) is 6.85. The first-order valence-electron chi connectivity index (χ1n) is 6.32. The van der Waals surface area contributed by atoms with Crippen LogP contribution in [0.15, 0.2) is 0 Å². The first kappa shape index (κ1) is 10.4. The summed E-state index contributed by atoms with van der Waals surface area (Å²) >= 11 is 0. The van der Waals surface area contributed by atoms with Gasteiger partial charge in [-0.05, 0) is 25.8 Å². The molecular weight excluding hydrogens is 172 g/mol. The van der Waals surface area contributed by atoms with Crippen molar-refractivity contribution in [2.24, 2.45) is 0 Å². The Morgan fingerprint density at radius 3 is 2.71 bits per heavy atom. The maximum atomic E-state index is 3.76. The van der Waals surface area contributed by atoms with Crippen molar-refractivity contribution >= 4 is 0 Å². The van der Waals surface area contributed by atoms with Crippen LogP contribution in [0.25, 0.3) is 0 Å². The predicted molar refractivity (Wildman–Crippen MR) is 60.3 cm³/mol. The van der Waals surface area contributed by atoms with Crippen LogP contribution in [-0.2, 0) is 0 Å². The van der Waals surface area contributed by atoms with Crippen LogP contribution in [-0.4, -0.2) is 30.2 Å². The molecule has 1 aliphatic heterocycles. The average Bonchev–Trinajstić information content (AvgIpc) is 2.60. The predicted octanol–water partition coefficient (Wildman–Crippen LogP) is 2.35. The maximum absolute atomic E-state index is 3.76. The summed E-state index contributed by atoms with van der Waals surface area (Å²) in [6, 6.07) is 0. The monoisotopic (exact) mass is 196 g/mol. The molecule has 0 unspecified atom stereocenters. The van der Waals surface area contributed by atoms with Gasteiger partial charge in [-0.25, -0.2) is 0 Å². The Morgan fingerprint density at radius 1 is 1.21 bits per heavy atom. The molecule has 1 N–H and O–H groups in total. The van der Waals surface area contributed by atoms with E-state index in [1.807, 2.05) is 0 Å². The van der Waals surface area contributed by atoms with Gasteiger partial charge in [-0.2, -0.15) is 0 Å². The Labute approximate surface area is 88.1 Å². The Morgan fingerprint density at radius 2 is 2.00 bits per heavy atom. The van der Waals surface area contributed by atoms with E-state index in [-0.39, 0.29) is 0 Å². The number of unbranched alkanes of at least 4 members (excludes halogenated alkanes) is 1. The molecular formula is C12H24N2. The minimum atomic E-state index is 0.520. The molecule has 1 heterocycles. The minimum Gasteiger partial charge on any atom is -0.297 e. The Bertz CT molecular complexity index is 173. The molecule has 2 nitrogen and oxygen atoms in total. The molecule has 1 saturated heterocycles. The molecule has 0 aromatic carbocycles. The summed E-state index contributed by atoms with van der Waals surface area (Å²) in [5.74, 6) is 0. The summed E-state index contributed by atoms with van der Waals surface area (Å²) in [7, 11) is 0. The molecule has 2 fully saturated rings. The van der Waals surface area contributed by atoms with E-state index in [2.05, 4.69) is 17.1 Å². The number of nitrogens with zero attached hydrogens (tertiary/aromatic N) is 1. The average molecular weight is 196 g/mol. The van der Waals surface area contributed by atoms with Crippen LogP contribution in [0.3, 0.4) is 0 Å². The zero-order valence-electron chi connectivity index (χ0n) is 9.52. The molecule has 1 spiro atoms. The van der Waals surface area contributed by atoms with Crippen molar-refractivity contribution in [1.82, 2.24) is 10.2 Å². The van der Waals surface area contributed by atoms with Crippen molar-refractivity contribution in [3.05, 3.63) is 0 Å². The van der Waals surface area contributed by atoms with Gasteiger partial charge in [-0.15, -0.1) is 0 Å². The number of nitrogens with one attached hydrogen (secondary N) is 1. The summed E-state index contributed by atoms with van der Waals surface area (Å²) in [5.41, 5.74) is 0.520. The normalized spacial score (nSPS) is 27.2. The third-order valence-corrected chi connectivity index (χ3v) is 3.84. The van der Waals surface area contributed by atoms with Gasteiger partial charge < -0.3 is 0 Å². The highest BCUT2D eigenvalue weighted by atomic mass is 15.3. The molecule has 14 heavy (non-hydrogen) atoms. The highest BCUT2D eigenvalue weighted by molar-refractivity contribution is 4.97. The van der Waals surface area contributed by atoms with Gasteiger partial charge in [-0.3, -0.25) is 10.2 Å². The van der Waals surface area contributed by atoms with Gasteiger partial charge in [-0.1, -0.05) is 32.6 Å². The van der Waals surface area contributed by atoms with Gasteiger partial charge in [0.1, 0.15) is 0 Å². The molecule has 0 aromatic rings. The van der Waals surface area contributed by atoms with E-state index in [0.29, 0.717) is 5.54 Å². The van der Waals surface area contributed by atoms with Gasteiger partial charge in [0, 0.05) is 18.8 Å². The molecule has 82 valence electrons. The largest absolute Gasteiger partial charge is 0.297 e. The summed E-state index contributed by atoms with van der Waals surface area (Å²) in [4.78, 5) is 2.61. The second-order valence-electron chi connectivity index (χ2n) is 5.08. The van der Waals surface area contributed by atoms with Gasteiger partial charge >= 0.3 is 0 Å². The topological polar surface area (TPSA) is 15.3 Å². The van der Waals surface area contributed by atoms with Gasteiger partial charge in [0.15, 0.2) is 0 Å². The van der Waals surface area contributed by atoms with Gasteiger partial charge in [0.2, 0.25) is 0 Å². The van der Waals surface area contributed by atoms with Crippen LogP contribution in [0, 0.1) is 0 Å². The fourth-order valence-corrected chi connectivity index (χ4v) is 2.92. The molecule has 1 saturated carbocycles. The van der Waals surface area contributed by atoms with Crippen LogP contribution < -0.4 is 5.32 Å². The van der Waals surface area contributed by atoms with Crippen LogP contribution in [0.5, 0.6) is 0 Å². The third kappa shape index (κ3) is 2.29. The first-order valence-corrected chi connectivity index (χ1v) is 6.32. The van der Waals surface area contributed by atoms with Crippen molar-refractivity contribution in [2.45, 2.75) is 57.4 Å². The standard InChI is InChI=1S/C12H24N2/c1-2-3-9-14-10-12(13-11-14)7-5-4-6-8-12/h13H,2-11H2,1H3. The lowest BCUT2D eigenvalue weighted by molar-refractivity contribution is 0.250. The number of hydrogen-bond acceptors (Lipinski definition) is 2. The van der Waals surface area contributed by atoms with Gasteiger partial charge in [0.05, 0.1) is 0 Å². The second kappa shape index (κ2) is 4.63. The van der Waals surface area contributed by atoms with Crippen molar-refractivity contribution in [3.63, 3.8) is 0 Å². The van der Waals surface area contributed by atoms with Crippen molar-refractivity contribution in [1.29, 1.82) is 0 Å². The van der Waals surface area contributed by atoms with E-state index >= 15 is 0 Å². The molecule has 0 bridgehead atoms. The van der Waals surface area contributed by atoms with E-state index in [4.69, 9.17) is 0 Å². The van der Waals surface area contributed by atoms with E-state index < -0.39 is 0 Å².